The topological polar surface area (TPSA) is 82.0 Å². The number of rotatable bonds is 7. The molecular weight excluding hydrogens is 322 g/mol. The Hall–Kier alpha value is -2.19. The van der Waals surface area contributed by atoms with Gasteiger partial charge in [-0.1, -0.05) is 0 Å². The minimum Gasteiger partial charge on any atom is -0.363 e. The van der Waals surface area contributed by atoms with Gasteiger partial charge in [0.1, 0.15) is 5.69 Å². The van der Waals surface area contributed by atoms with Crippen molar-refractivity contribution in [2.75, 3.05) is 65.3 Å². The maximum absolute atomic E-state index is 12.2. The fraction of sp³-hybridized carbons (Fsp3) is 0.588. The van der Waals surface area contributed by atoms with E-state index in [1.165, 1.54) is 6.07 Å². The van der Waals surface area contributed by atoms with Gasteiger partial charge in [-0.05, 0) is 46.2 Å². The number of nitro benzene ring substituents is 1. The number of nitrogens with zero attached hydrogens (tertiary/aromatic N) is 4. The summed E-state index contributed by atoms with van der Waals surface area (Å²) >= 11 is 0. The zero-order valence-electron chi connectivity index (χ0n) is 15.2. The molecule has 0 saturated carbocycles. The van der Waals surface area contributed by atoms with Crippen LogP contribution in [0.1, 0.15) is 16.8 Å². The third-order valence-electron chi connectivity index (χ3n) is 4.35. The van der Waals surface area contributed by atoms with Crippen LogP contribution in [0.15, 0.2) is 18.2 Å². The van der Waals surface area contributed by atoms with Gasteiger partial charge in [0.05, 0.1) is 4.92 Å². The van der Waals surface area contributed by atoms with E-state index in [0.29, 0.717) is 17.8 Å². The van der Waals surface area contributed by atoms with Gasteiger partial charge in [-0.15, -0.1) is 0 Å². The molecule has 25 heavy (non-hydrogen) atoms. The zero-order valence-corrected chi connectivity index (χ0v) is 15.2. The van der Waals surface area contributed by atoms with Crippen molar-refractivity contribution >= 4 is 17.3 Å². The van der Waals surface area contributed by atoms with Crippen LogP contribution in [0.3, 0.4) is 0 Å². The van der Waals surface area contributed by atoms with Gasteiger partial charge in [0, 0.05) is 44.4 Å². The highest BCUT2D eigenvalue weighted by Gasteiger charge is 2.24. The number of likely N-dealkylation sites (N-methyl/N-ethyl adjacent to an activating group) is 1. The number of nitro groups is 1. The van der Waals surface area contributed by atoms with Crippen molar-refractivity contribution in [3.05, 3.63) is 33.9 Å². The second-order valence-electron chi connectivity index (χ2n) is 6.66. The molecule has 0 atom stereocenters. The average molecular weight is 349 g/mol. The van der Waals surface area contributed by atoms with E-state index in [1.54, 1.807) is 12.1 Å². The number of amides is 1. The number of carbonyl (C=O) groups is 1. The van der Waals surface area contributed by atoms with Gasteiger partial charge in [-0.25, -0.2) is 0 Å². The molecule has 1 N–H and O–H groups in total. The molecule has 1 aromatic carbocycles. The van der Waals surface area contributed by atoms with E-state index in [9.17, 15) is 14.9 Å². The minimum atomic E-state index is -0.406. The Morgan fingerprint density at radius 1 is 1.28 bits per heavy atom. The van der Waals surface area contributed by atoms with E-state index in [0.717, 1.165) is 39.1 Å². The van der Waals surface area contributed by atoms with Gasteiger partial charge in [0.25, 0.3) is 11.6 Å². The van der Waals surface area contributed by atoms with Crippen molar-refractivity contribution in [3.8, 4) is 0 Å². The van der Waals surface area contributed by atoms with E-state index in [-0.39, 0.29) is 11.6 Å². The molecule has 138 valence electrons. The Labute approximate surface area is 148 Å². The summed E-state index contributed by atoms with van der Waals surface area (Å²) in [4.78, 5) is 29.5. The van der Waals surface area contributed by atoms with Crippen molar-refractivity contribution in [3.63, 3.8) is 0 Å². The Kier molecular flexibility index (Phi) is 6.72. The first-order chi connectivity index (χ1) is 11.9. The Bertz CT molecular complexity index is 612. The lowest BCUT2D eigenvalue weighted by Gasteiger charge is -2.33. The van der Waals surface area contributed by atoms with Crippen molar-refractivity contribution < 1.29 is 9.72 Å². The molecule has 8 heteroatoms. The van der Waals surface area contributed by atoms with Crippen LogP contribution >= 0.6 is 0 Å². The van der Waals surface area contributed by atoms with Crippen LogP contribution in [0, 0.1) is 10.1 Å². The van der Waals surface area contributed by atoms with Gasteiger partial charge in [-0.2, -0.15) is 0 Å². The number of nitrogens with one attached hydrogen (secondary N) is 1. The van der Waals surface area contributed by atoms with Crippen molar-refractivity contribution in [2.45, 2.75) is 6.42 Å². The lowest BCUT2D eigenvalue weighted by molar-refractivity contribution is -0.384. The van der Waals surface area contributed by atoms with Crippen LogP contribution in [0.5, 0.6) is 0 Å². The monoisotopic (exact) mass is 349 g/mol. The van der Waals surface area contributed by atoms with Crippen molar-refractivity contribution in [1.29, 1.82) is 0 Å². The fourth-order valence-corrected chi connectivity index (χ4v) is 2.82. The first-order valence-electron chi connectivity index (χ1n) is 8.53. The van der Waals surface area contributed by atoms with Gasteiger partial charge < -0.3 is 20.0 Å². The number of anilines is 1. The molecule has 1 aliphatic rings. The van der Waals surface area contributed by atoms with E-state index in [4.69, 9.17) is 0 Å². The van der Waals surface area contributed by atoms with Gasteiger partial charge in [0.2, 0.25) is 0 Å². The van der Waals surface area contributed by atoms with Crippen LogP contribution in [-0.2, 0) is 0 Å². The number of hydrogen-bond acceptors (Lipinski definition) is 6. The summed E-state index contributed by atoms with van der Waals surface area (Å²) in [6, 6.07) is 4.75. The number of carbonyl (C=O) groups excluding carboxylic acids is 1. The molecule has 1 fully saturated rings. The van der Waals surface area contributed by atoms with Crippen LogP contribution in [0.25, 0.3) is 0 Å². The van der Waals surface area contributed by atoms with Crippen LogP contribution in [-0.4, -0.2) is 81.0 Å². The maximum Gasteiger partial charge on any atom is 0.293 e. The molecule has 1 heterocycles. The molecular formula is C17H27N5O3. The van der Waals surface area contributed by atoms with Gasteiger partial charge in [-0.3, -0.25) is 14.9 Å². The highest BCUT2D eigenvalue weighted by molar-refractivity contribution is 5.95. The number of benzene rings is 1. The highest BCUT2D eigenvalue weighted by atomic mass is 16.6. The molecule has 8 nitrogen and oxygen atoms in total. The molecule has 1 aromatic rings. The van der Waals surface area contributed by atoms with Crippen LogP contribution in [0.2, 0.25) is 0 Å². The maximum atomic E-state index is 12.2. The molecule has 1 saturated heterocycles. The summed E-state index contributed by atoms with van der Waals surface area (Å²) in [7, 11) is 5.99. The molecule has 0 aliphatic carbocycles. The predicted octanol–water partition coefficient (Wildman–Crippen LogP) is 1.03. The summed E-state index contributed by atoms with van der Waals surface area (Å²) in [6.45, 7) is 4.64. The third kappa shape index (κ3) is 5.40. The fourth-order valence-electron chi connectivity index (χ4n) is 2.82. The van der Waals surface area contributed by atoms with E-state index in [1.807, 2.05) is 30.9 Å². The zero-order chi connectivity index (χ0) is 18.4. The number of piperazine rings is 1. The second kappa shape index (κ2) is 8.77. The van der Waals surface area contributed by atoms with Gasteiger partial charge in [0.15, 0.2) is 0 Å². The molecule has 0 radical (unpaired) electrons. The molecule has 1 aliphatic heterocycles. The average Bonchev–Trinajstić information content (AvgIpc) is 2.58. The molecule has 2 rings (SSSR count). The van der Waals surface area contributed by atoms with Gasteiger partial charge >= 0.3 is 0 Å². The largest absolute Gasteiger partial charge is 0.363 e. The quantitative estimate of drug-likeness (QED) is 0.450. The van der Waals surface area contributed by atoms with Crippen molar-refractivity contribution in [1.82, 2.24) is 15.1 Å². The Morgan fingerprint density at radius 2 is 1.96 bits per heavy atom. The lowest BCUT2D eigenvalue weighted by atomic mass is 10.1. The van der Waals surface area contributed by atoms with Crippen LogP contribution < -0.4 is 10.2 Å². The molecule has 0 aromatic heterocycles. The van der Waals surface area contributed by atoms with Crippen LogP contribution in [0.4, 0.5) is 11.4 Å². The smallest absolute Gasteiger partial charge is 0.293 e. The normalized spacial score (nSPS) is 15.4. The minimum absolute atomic E-state index is 0.00880. The lowest BCUT2D eigenvalue weighted by Crippen LogP contribution is -2.44. The summed E-state index contributed by atoms with van der Waals surface area (Å²) in [6.07, 6.45) is 0.834. The standard InChI is InChI=1S/C17H27N5O3/c1-19(2)8-4-7-18-17(23)14-5-6-15(16(13-14)22(24)25)21-11-9-20(3)10-12-21/h5-6,13H,4,7-12H2,1-3H3,(H,18,23). The molecule has 0 bridgehead atoms. The second-order valence-corrected chi connectivity index (χ2v) is 6.66. The predicted molar refractivity (Wildman–Crippen MR) is 98.3 cm³/mol. The molecule has 0 unspecified atom stereocenters. The molecule has 0 spiro atoms. The summed E-state index contributed by atoms with van der Waals surface area (Å²) < 4.78 is 0. The first kappa shape index (κ1) is 19.1. The summed E-state index contributed by atoms with van der Waals surface area (Å²) in [5.41, 5.74) is 0.905. The summed E-state index contributed by atoms with van der Waals surface area (Å²) in [5.74, 6) is -0.271. The highest BCUT2D eigenvalue weighted by Crippen LogP contribution is 2.30. The SMILES string of the molecule is CN(C)CCCNC(=O)c1ccc(N2CCN(C)CC2)c([N+](=O)[O-])c1. The Morgan fingerprint density at radius 3 is 2.56 bits per heavy atom. The van der Waals surface area contributed by atoms with E-state index in [2.05, 4.69) is 10.2 Å². The first-order valence-corrected chi connectivity index (χ1v) is 8.53. The third-order valence-corrected chi connectivity index (χ3v) is 4.35. The van der Waals surface area contributed by atoms with E-state index < -0.39 is 4.92 Å². The summed E-state index contributed by atoms with van der Waals surface area (Å²) in [5, 5.41) is 14.3. The van der Waals surface area contributed by atoms with E-state index >= 15 is 0 Å². The Balaban J connectivity index is 2.07. The number of hydrogen-bond donors (Lipinski definition) is 1. The molecule has 1 amide bonds. The van der Waals surface area contributed by atoms with Crippen molar-refractivity contribution in [2.24, 2.45) is 0 Å².